The molecule has 0 aromatic carbocycles. The van der Waals surface area contributed by atoms with E-state index >= 15 is 0 Å². The van der Waals surface area contributed by atoms with Crippen LogP contribution < -0.4 is 5.56 Å². The molecule has 56 valence electrons. The largest absolute Gasteiger partial charge is 0.292 e. The van der Waals surface area contributed by atoms with Gasteiger partial charge in [-0.25, -0.2) is 0 Å². The smallest absolute Gasteiger partial charge is 0.264 e. The number of H-pyrrole nitrogens is 1. The maximum atomic E-state index is 10.6. The standard InChI is InChI=1S/C7H12N2O/c1-6(2)5-9-4-3-7(10)8-9/h3-4,6H,5H2,1-2H3,(H,8,10). The van der Waals surface area contributed by atoms with Crippen molar-refractivity contribution in [2.24, 2.45) is 5.92 Å². The SMILES string of the molecule is CC(C)Cn1ccc(=O)[nH]1. The van der Waals surface area contributed by atoms with Gasteiger partial charge < -0.3 is 0 Å². The molecule has 0 radical (unpaired) electrons. The molecule has 0 amide bonds. The highest BCUT2D eigenvalue weighted by Crippen LogP contribution is 1.94. The topological polar surface area (TPSA) is 37.8 Å². The average Bonchev–Trinajstić information content (AvgIpc) is 2.13. The number of aromatic amines is 1. The molecule has 1 aromatic rings. The molecule has 1 heterocycles. The highest BCUT2D eigenvalue weighted by molar-refractivity contribution is 4.79. The van der Waals surface area contributed by atoms with Crippen molar-refractivity contribution in [1.82, 2.24) is 9.78 Å². The first-order valence-corrected chi connectivity index (χ1v) is 3.44. The van der Waals surface area contributed by atoms with Gasteiger partial charge in [-0.05, 0) is 5.92 Å². The van der Waals surface area contributed by atoms with E-state index in [2.05, 4.69) is 18.9 Å². The van der Waals surface area contributed by atoms with Crippen molar-refractivity contribution in [1.29, 1.82) is 0 Å². The van der Waals surface area contributed by atoms with Crippen LogP contribution in [0.2, 0.25) is 0 Å². The Morgan fingerprint density at radius 3 is 2.80 bits per heavy atom. The van der Waals surface area contributed by atoms with E-state index in [1.807, 2.05) is 0 Å². The molecule has 3 heteroatoms. The minimum atomic E-state index is -0.0272. The van der Waals surface area contributed by atoms with Crippen LogP contribution >= 0.6 is 0 Å². The van der Waals surface area contributed by atoms with E-state index in [0.717, 1.165) is 6.54 Å². The molecular formula is C7H12N2O. The predicted molar refractivity (Wildman–Crippen MR) is 39.9 cm³/mol. The number of rotatable bonds is 2. The van der Waals surface area contributed by atoms with Crippen LogP contribution in [0.3, 0.4) is 0 Å². The van der Waals surface area contributed by atoms with Gasteiger partial charge in [0.05, 0.1) is 0 Å². The molecule has 3 nitrogen and oxygen atoms in total. The van der Waals surface area contributed by atoms with Crippen molar-refractivity contribution in [3.05, 3.63) is 22.6 Å². The van der Waals surface area contributed by atoms with E-state index in [9.17, 15) is 4.79 Å². The second-order valence-electron chi connectivity index (χ2n) is 2.84. The first-order chi connectivity index (χ1) is 4.68. The molecule has 10 heavy (non-hydrogen) atoms. The summed E-state index contributed by atoms with van der Waals surface area (Å²) >= 11 is 0. The summed E-state index contributed by atoms with van der Waals surface area (Å²) in [6, 6.07) is 1.53. The van der Waals surface area contributed by atoms with E-state index in [0.29, 0.717) is 5.92 Å². The fourth-order valence-corrected chi connectivity index (χ4v) is 0.874. The maximum absolute atomic E-state index is 10.6. The zero-order valence-corrected chi connectivity index (χ0v) is 6.29. The molecule has 1 N–H and O–H groups in total. The Morgan fingerprint density at radius 1 is 1.70 bits per heavy atom. The summed E-state index contributed by atoms with van der Waals surface area (Å²) < 4.78 is 1.80. The number of nitrogens with zero attached hydrogens (tertiary/aromatic N) is 1. The molecule has 0 fully saturated rings. The molecule has 0 aliphatic carbocycles. The van der Waals surface area contributed by atoms with Crippen LogP contribution in [0.4, 0.5) is 0 Å². The van der Waals surface area contributed by atoms with Gasteiger partial charge in [0, 0.05) is 18.8 Å². The fourth-order valence-electron chi connectivity index (χ4n) is 0.874. The second kappa shape index (κ2) is 2.73. The Hall–Kier alpha value is -0.990. The van der Waals surface area contributed by atoms with Gasteiger partial charge in [-0.1, -0.05) is 13.8 Å². The van der Waals surface area contributed by atoms with Crippen molar-refractivity contribution in [2.45, 2.75) is 20.4 Å². The van der Waals surface area contributed by atoms with Gasteiger partial charge in [0.25, 0.3) is 5.56 Å². The van der Waals surface area contributed by atoms with Gasteiger partial charge in [0.15, 0.2) is 0 Å². The third-order valence-electron chi connectivity index (χ3n) is 1.22. The minimum absolute atomic E-state index is 0.0272. The summed E-state index contributed by atoms with van der Waals surface area (Å²) in [5, 5.41) is 2.67. The molecule has 0 saturated heterocycles. The Bertz CT molecular complexity index is 246. The molecule has 0 unspecified atom stereocenters. The van der Waals surface area contributed by atoms with Crippen LogP contribution in [-0.2, 0) is 6.54 Å². The van der Waals surface area contributed by atoms with Crippen molar-refractivity contribution >= 4 is 0 Å². The highest BCUT2D eigenvalue weighted by Gasteiger charge is 1.94. The number of nitrogens with one attached hydrogen (secondary N) is 1. The molecular weight excluding hydrogens is 128 g/mol. The third kappa shape index (κ3) is 1.76. The molecule has 1 aromatic heterocycles. The maximum Gasteiger partial charge on any atom is 0.264 e. The van der Waals surface area contributed by atoms with Crippen molar-refractivity contribution < 1.29 is 0 Å². The number of aromatic nitrogens is 2. The van der Waals surface area contributed by atoms with E-state index in [1.54, 1.807) is 10.9 Å². The summed E-state index contributed by atoms with van der Waals surface area (Å²) in [6.07, 6.45) is 1.77. The lowest BCUT2D eigenvalue weighted by atomic mass is 10.2. The minimum Gasteiger partial charge on any atom is -0.292 e. The van der Waals surface area contributed by atoms with Crippen LogP contribution in [0.1, 0.15) is 13.8 Å². The summed E-state index contributed by atoms with van der Waals surface area (Å²) in [7, 11) is 0. The third-order valence-corrected chi connectivity index (χ3v) is 1.22. The van der Waals surface area contributed by atoms with E-state index in [-0.39, 0.29) is 5.56 Å². The Morgan fingerprint density at radius 2 is 2.40 bits per heavy atom. The second-order valence-corrected chi connectivity index (χ2v) is 2.84. The van der Waals surface area contributed by atoms with Gasteiger partial charge >= 0.3 is 0 Å². The predicted octanol–water partition coefficient (Wildman–Crippen LogP) is 0.832. The van der Waals surface area contributed by atoms with Gasteiger partial charge in [0.1, 0.15) is 0 Å². The lowest BCUT2D eigenvalue weighted by molar-refractivity contribution is 0.481. The fraction of sp³-hybridized carbons (Fsp3) is 0.571. The molecule has 1 rings (SSSR count). The quantitative estimate of drug-likeness (QED) is 0.649. The summed E-state index contributed by atoms with van der Waals surface area (Å²) in [5.74, 6) is 0.572. The average molecular weight is 140 g/mol. The van der Waals surface area contributed by atoms with Crippen LogP contribution in [0.5, 0.6) is 0 Å². The van der Waals surface area contributed by atoms with Crippen molar-refractivity contribution in [3.63, 3.8) is 0 Å². The van der Waals surface area contributed by atoms with Crippen LogP contribution in [0.25, 0.3) is 0 Å². The zero-order chi connectivity index (χ0) is 7.56. The highest BCUT2D eigenvalue weighted by atomic mass is 16.1. The molecule has 0 bridgehead atoms. The van der Waals surface area contributed by atoms with E-state index in [1.165, 1.54) is 6.07 Å². The lowest BCUT2D eigenvalue weighted by Gasteiger charge is -2.03. The molecule has 0 aliphatic heterocycles. The van der Waals surface area contributed by atoms with Gasteiger partial charge in [-0.2, -0.15) is 0 Å². The normalized spacial score (nSPS) is 10.7. The van der Waals surface area contributed by atoms with Crippen molar-refractivity contribution in [3.8, 4) is 0 Å². The molecule has 0 saturated carbocycles. The van der Waals surface area contributed by atoms with Crippen LogP contribution in [0, 0.1) is 5.92 Å². The Kier molecular flexibility index (Phi) is 1.94. The Balaban J connectivity index is 2.67. The van der Waals surface area contributed by atoms with Crippen LogP contribution in [-0.4, -0.2) is 9.78 Å². The monoisotopic (exact) mass is 140 g/mol. The first kappa shape index (κ1) is 7.12. The van der Waals surface area contributed by atoms with E-state index in [4.69, 9.17) is 0 Å². The van der Waals surface area contributed by atoms with Crippen molar-refractivity contribution in [2.75, 3.05) is 0 Å². The summed E-state index contributed by atoms with van der Waals surface area (Å²) in [5.41, 5.74) is -0.0272. The Labute approximate surface area is 59.7 Å². The van der Waals surface area contributed by atoms with Gasteiger partial charge in [-0.15, -0.1) is 0 Å². The summed E-state index contributed by atoms with van der Waals surface area (Å²) in [4.78, 5) is 10.6. The zero-order valence-electron chi connectivity index (χ0n) is 6.29. The molecule has 0 aliphatic rings. The van der Waals surface area contributed by atoms with E-state index < -0.39 is 0 Å². The molecule has 0 spiro atoms. The lowest BCUT2D eigenvalue weighted by Crippen LogP contribution is -2.08. The first-order valence-electron chi connectivity index (χ1n) is 3.44. The number of hydrogen-bond donors (Lipinski definition) is 1. The van der Waals surface area contributed by atoms with Gasteiger partial charge in [-0.3, -0.25) is 14.6 Å². The number of hydrogen-bond acceptors (Lipinski definition) is 1. The summed E-state index contributed by atoms with van der Waals surface area (Å²) in [6.45, 7) is 5.10. The van der Waals surface area contributed by atoms with Gasteiger partial charge in [0.2, 0.25) is 0 Å². The van der Waals surface area contributed by atoms with Crippen LogP contribution in [0.15, 0.2) is 17.1 Å². The molecule has 0 atom stereocenters.